The molecule has 0 saturated carbocycles. The maximum absolute atomic E-state index is 11.9. The van der Waals surface area contributed by atoms with Gasteiger partial charge in [0.05, 0.1) is 19.3 Å². The van der Waals surface area contributed by atoms with Gasteiger partial charge in [-0.05, 0) is 32.9 Å². The molecule has 0 aliphatic rings. The van der Waals surface area contributed by atoms with Crippen LogP contribution >= 0.6 is 7.75 Å². The van der Waals surface area contributed by atoms with Crippen molar-refractivity contribution in [1.29, 1.82) is 0 Å². The molecule has 0 unspecified atom stereocenters. The fourth-order valence-electron chi connectivity index (χ4n) is 0.888. The Bertz CT molecular complexity index is 344. The van der Waals surface area contributed by atoms with Crippen molar-refractivity contribution < 1.29 is 52.7 Å². The van der Waals surface area contributed by atoms with Gasteiger partial charge in [-0.15, -0.1) is 0 Å². The normalized spacial score (nSPS) is 11.9. The number of amides is 1. The van der Waals surface area contributed by atoms with E-state index in [1.54, 1.807) is 27.7 Å². The van der Waals surface area contributed by atoms with Crippen molar-refractivity contribution >= 4 is 31.6 Å². The quantitative estimate of drug-likeness (QED) is 0.227. The van der Waals surface area contributed by atoms with Crippen LogP contribution in [0.15, 0.2) is 4.76 Å². The van der Waals surface area contributed by atoms with Gasteiger partial charge in [-0.25, -0.2) is 9.36 Å². The monoisotopic (exact) mass is 320 g/mol. The first-order valence-corrected chi connectivity index (χ1v) is 7.37. The second-order valence-corrected chi connectivity index (χ2v) is 5.33. The predicted molar refractivity (Wildman–Crippen MR) is 70.4 cm³/mol. The summed E-state index contributed by atoms with van der Waals surface area (Å²) < 4.78 is 30.1. The molecule has 106 valence electrons. The van der Waals surface area contributed by atoms with E-state index in [4.69, 9.17) is 26.4 Å². The van der Waals surface area contributed by atoms with Crippen LogP contribution in [0.2, 0.25) is 0 Å². The summed E-state index contributed by atoms with van der Waals surface area (Å²) in [7, 11) is -3.65. The molecule has 0 aliphatic heterocycles. The van der Waals surface area contributed by atoms with Crippen molar-refractivity contribution in [3.8, 4) is 0 Å². The molecular weight excluding hydrogens is 302 g/mol. The Balaban J connectivity index is 0. The number of amidine groups is 1. The summed E-state index contributed by atoms with van der Waals surface area (Å²) in [5.74, 6) is 0. The van der Waals surface area contributed by atoms with Gasteiger partial charge in [-0.3, -0.25) is 14.4 Å². The molecule has 0 aliphatic carbocycles. The third-order valence-electron chi connectivity index (χ3n) is 1.35. The summed E-state index contributed by atoms with van der Waals surface area (Å²) >= 11 is 4.75. The number of alkyl carbamates (subject to hydrolysis) is 1. The van der Waals surface area contributed by atoms with Crippen LogP contribution in [0, 0.1) is 0 Å². The first-order chi connectivity index (χ1) is 8.33. The fourth-order valence-corrected chi connectivity index (χ4v) is 2.39. The number of rotatable bonds is 6. The fraction of sp³-hybridized carbons (Fsp3) is 0.778. The van der Waals surface area contributed by atoms with E-state index in [2.05, 4.69) is 10.1 Å². The van der Waals surface area contributed by atoms with Crippen LogP contribution in [-0.2, 0) is 31.0 Å². The predicted octanol–water partition coefficient (Wildman–Crippen LogP) is -0.791. The van der Waals surface area contributed by atoms with Gasteiger partial charge in [0.1, 0.15) is 0 Å². The topological polar surface area (TPSA) is 86.2 Å². The standard InChI is InChI=1S/C9H19N2O5PS.Na/c1-5-14-17(13,15-6-2)11-8(18)10-9(12)16-7(3)4;/h7H,5-6H2,1-4H3,(H2,10,11,12,13,18);/q;+1/p-1. The Kier molecular flexibility index (Phi) is 12.5. The number of hydrogen-bond acceptors (Lipinski definition) is 6. The molecule has 0 bridgehead atoms. The first kappa shape index (κ1) is 21.6. The molecule has 0 fully saturated rings. The summed E-state index contributed by atoms with van der Waals surface area (Å²) in [4.78, 5) is 11.2. The van der Waals surface area contributed by atoms with Crippen LogP contribution in [0.5, 0.6) is 0 Å². The maximum atomic E-state index is 11.9. The molecule has 10 heteroatoms. The van der Waals surface area contributed by atoms with Crippen LogP contribution in [0.3, 0.4) is 0 Å². The molecule has 7 nitrogen and oxygen atoms in total. The second kappa shape index (κ2) is 11.0. The van der Waals surface area contributed by atoms with Crippen molar-refractivity contribution in [1.82, 2.24) is 5.32 Å². The summed E-state index contributed by atoms with van der Waals surface area (Å²) in [6.45, 7) is 6.96. The Morgan fingerprint density at radius 1 is 1.32 bits per heavy atom. The number of ether oxygens (including phenoxy) is 1. The minimum absolute atomic E-state index is 0. The van der Waals surface area contributed by atoms with E-state index in [0.29, 0.717) is 0 Å². The van der Waals surface area contributed by atoms with Gasteiger partial charge in [-0.2, -0.15) is 4.76 Å². The molecule has 1 amide bonds. The second-order valence-electron chi connectivity index (χ2n) is 3.29. The Morgan fingerprint density at radius 3 is 2.16 bits per heavy atom. The first-order valence-electron chi connectivity index (χ1n) is 5.47. The van der Waals surface area contributed by atoms with Gasteiger partial charge in [0.15, 0.2) is 0 Å². The number of carbonyl (C=O) groups is 1. The van der Waals surface area contributed by atoms with Crippen molar-refractivity contribution in [3.05, 3.63) is 0 Å². The summed E-state index contributed by atoms with van der Waals surface area (Å²) in [6, 6.07) is 0. The molecule has 0 spiro atoms. The average molecular weight is 320 g/mol. The van der Waals surface area contributed by atoms with E-state index in [0.717, 1.165) is 0 Å². The zero-order valence-electron chi connectivity index (χ0n) is 11.8. The Labute approximate surface area is 141 Å². The number of hydrogen-bond donors (Lipinski definition) is 1. The van der Waals surface area contributed by atoms with Crippen LogP contribution in [0.4, 0.5) is 4.79 Å². The zero-order valence-corrected chi connectivity index (χ0v) is 15.5. The SMILES string of the molecule is CCOP(=O)(/N=C(/[S-])NC(=O)OC(C)C)OCC.[Na+]. The van der Waals surface area contributed by atoms with Crippen molar-refractivity contribution in [2.45, 2.75) is 33.8 Å². The van der Waals surface area contributed by atoms with Crippen LogP contribution < -0.4 is 34.9 Å². The number of nitrogens with zero attached hydrogens (tertiary/aromatic N) is 1. The van der Waals surface area contributed by atoms with Crippen molar-refractivity contribution in [2.75, 3.05) is 13.2 Å². The molecule has 0 aromatic rings. The minimum atomic E-state index is -3.65. The summed E-state index contributed by atoms with van der Waals surface area (Å²) in [6.07, 6.45) is -1.06. The maximum Gasteiger partial charge on any atom is 1.00 e. The van der Waals surface area contributed by atoms with E-state index in [1.807, 2.05) is 0 Å². The van der Waals surface area contributed by atoms with Crippen molar-refractivity contribution in [3.63, 3.8) is 0 Å². The van der Waals surface area contributed by atoms with E-state index >= 15 is 0 Å². The Morgan fingerprint density at radius 2 is 1.79 bits per heavy atom. The molecule has 1 N–H and O–H groups in total. The van der Waals surface area contributed by atoms with E-state index in [1.165, 1.54) is 0 Å². The van der Waals surface area contributed by atoms with Crippen LogP contribution in [-0.4, -0.2) is 30.6 Å². The molecular formula is C9H18N2NaO5PS. The minimum Gasteiger partial charge on any atom is -0.742 e. The van der Waals surface area contributed by atoms with Gasteiger partial charge in [0.25, 0.3) is 0 Å². The molecule has 0 rings (SSSR count). The molecule has 19 heavy (non-hydrogen) atoms. The molecule has 0 aromatic carbocycles. The van der Waals surface area contributed by atoms with E-state index < -0.39 is 13.8 Å². The third-order valence-corrected chi connectivity index (χ3v) is 3.29. The van der Waals surface area contributed by atoms with Gasteiger partial charge in [0.2, 0.25) is 0 Å². The molecule has 0 atom stereocenters. The van der Waals surface area contributed by atoms with E-state index in [9.17, 15) is 9.36 Å². The number of carbonyl (C=O) groups excluding carboxylic acids is 1. The smallest absolute Gasteiger partial charge is 0.742 e. The van der Waals surface area contributed by atoms with Gasteiger partial charge < -0.3 is 17.4 Å². The van der Waals surface area contributed by atoms with E-state index in [-0.39, 0.29) is 54.0 Å². The Hall–Kier alpha value is 0.310. The van der Waals surface area contributed by atoms with Crippen LogP contribution in [0.1, 0.15) is 27.7 Å². The van der Waals surface area contributed by atoms with Gasteiger partial charge in [-0.1, -0.05) is 0 Å². The third kappa shape index (κ3) is 10.7. The average Bonchev–Trinajstić information content (AvgIpc) is 2.14. The van der Waals surface area contributed by atoms with Crippen molar-refractivity contribution in [2.24, 2.45) is 4.76 Å². The molecule has 0 aromatic heterocycles. The van der Waals surface area contributed by atoms with Gasteiger partial charge in [0, 0.05) is 0 Å². The molecule has 0 heterocycles. The summed E-state index contributed by atoms with van der Waals surface area (Å²) in [5.41, 5.74) is 0. The summed E-state index contributed by atoms with van der Waals surface area (Å²) in [5, 5.41) is 1.86. The van der Waals surface area contributed by atoms with Gasteiger partial charge >= 0.3 is 43.4 Å². The zero-order chi connectivity index (χ0) is 14.2. The number of nitrogens with one attached hydrogen (secondary N) is 1. The van der Waals surface area contributed by atoms with Crippen LogP contribution in [0.25, 0.3) is 0 Å². The molecule has 0 saturated heterocycles. The largest absolute Gasteiger partial charge is 1.00 e. The molecule has 0 radical (unpaired) electrons.